The van der Waals surface area contributed by atoms with Crippen LogP contribution in [0.5, 0.6) is 0 Å². The van der Waals surface area contributed by atoms with Crippen LogP contribution < -0.4 is 4.90 Å². The molecule has 1 aromatic rings. The Morgan fingerprint density at radius 1 is 1.40 bits per heavy atom. The van der Waals surface area contributed by atoms with Gasteiger partial charge in [0, 0.05) is 18.7 Å². The Bertz CT molecular complexity index is 574. The molecule has 0 aliphatic carbocycles. The number of hydrogen-bond acceptors (Lipinski definition) is 2. The fourth-order valence-electron chi connectivity index (χ4n) is 2.02. The lowest BCUT2D eigenvalue weighted by Crippen LogP contribution is -2.26. The first-order valence-corrected chi connectivity index (χ1v) is 5.98. The molecular weight excluding hydrogens is 299 g/mol. The fraction of sp³-hybridized carbons (Fsp3) is 0.333. The predicted molar refractivity (Wildman–Crippen MR) is 64.5 cm³/mol. The summed E-state index contributed by atoms with van der Waals surface area (Å²) in [5.41, 5.74) is -1.06. The van der Waals surface area contributed by atoms with Crippen LogP contribution in [-0.2, 0) is 15.8 Å². The number of nitrogens with zero attached hydrogens (tertiary/aromatic N) is 1. The van der Waals surface area contributed by atoms with Gasteiger partial charge in [0.15, 0.2) is 0 Å². The highest BCUT2D eigenvalue weighted by Crippen LogP contribution is 2.38. The van der Waals surface area contributed by atoms with Crippen LogP contribution in [0.15, 0.2) is 18.2 Å². The van der Waals surface area contributed by atoms with E-state index in [1.165, 1.54) is 6.07 Å². The smallest absolute Gasteiger partial charge is 0.417 e. The summed E-state index contributed by atoms with van der Waals surface area (Å²) < 4.78 is 38.2. The largest absolute Gasteiger partial charge is 0.481 e. The van der Waals surface area contributed by atoms with E-state index in [4.69, 9.17) is 16.7 Å². The third kappa shape index (κ3) is 2.72. The van der Waals surface area contributed by atoms with Crippen molar-refractivity contribution in [3.8, 4) is 0 Å². The van der Waals surface area contributed by atoms with Crippen molar-refractivity contribution in [1.29, 1.82) is 0 Å². The molecule has 1 saturated heterocycles. The number of amides is 1. The van der Waals surface area contributed by atoms with Gasteiger partial charge < -0.3 is 10.0 Å². The maximum atomic E-state index is 12.7. The number of rotatable bonds is 2. The van der Waals surface area contributed by atoms with E-state index in [2.05, 4.69) is 0 Å². The average molecular weight is 308 g/mol. The molecule has 0 spiro atoms. The molecule has 2 rings (SSSR count). The number of carbonyl (C=O) groups excluding carboxylic acids is 1. The van der Waals surface area contributed by atoms with Crippen molar-refractivity contribution >= 4 is 29.2 Å². The molecule has 108 valence electrons. The molecule has 1 fully saturated rings. The van der Waals surface area contributed by atoms with Crippen LogP contribution in [0.2, 0.25) is 5.02 Å². The monoisotopic (exact) mass is 307 g/mol. The molecule has 1 heterocycles. The van der Waals surface area contributed by atoms with Crippen molar-refractivity contribution in [3.63, 3.8) is 0 Å². The highest BCUT2D eigenvalue weighted by atomic mass is 35.5. The quantitative estimate of drug-likeness (QED) is 0.914. The summed E-state index contributed by atoms with van der Waals surface area (Å²) in [4.78, 5) is 23.5. The molecule has 1 aliphatic rings. The van der Waals surface area contributed by atoms with Crippen molar-refractivity contribution in [1.82, 2.24) is 0 Å². The number of carboxylic acid groups (broad SMARTS) is 1. The third-order valence-electron chi connectivity index (χ3n) is 3.04. The minimum absolute atomic E-state index is 0.00419. The zero-order chi connectivity index (χ0) is 15.1. The normalized spacial score (nSPS) is 19.5. The van der Waals surface area contributed by atoms with Gasteiger partial charge in [-0.2, -0.15) is 13.2 Å². The molecule has 1 N–H and O–H groups in total. The van der Waals surface area contributed by atoms with Gasteiger partial charge in [0.1, 0.15) is 0 Å². The summed E-state index contributed by atoms with van der Waals surface area (Å²) in [6.07, 6.45) is -4.86. The number of hydrogen-bond donors (Lipinski definition) is 1. The summed E-state index contributed by atoms with van der Waals surface area (Å²) in [6, 6.07) is 3.06. The zero-order valence-electron chi connectivity index (χ0n) is 9.95. The Morgan fingerprint density at radius 3 is 2.55 bits per heavy atom. The Hall–Kier alpha value is -1.76. The van der Waals surface area contributed by atoms with Gasteiger partial charge in [-0.25, -0.2) is 0 Å². The van der Waals surface area contributed by atoms with Crippen LogP contribution >= 0.6 is 11.6 Å². The van der Waals surface area contributed by atoms with E-state index in [1.807, 2.05) is 0 Å². The molecule has 0 radical (unpaired) electrons. The topological polar surface area (TPSA) is 57.6 Å². The van der Waals surface area contributed by atoms with E-state index >= 15 is 0 Å². The Kier molecular flexibility index (Phi) is 3.64. The standard InChI is InChI=1S/C12H9ClF3NO3/c13-9-2-1-7(4-8(9)12(14,15)16)17-5-6(11(19)20)3-10(17)18/h1-2,4,6H,3,5H2,(H,19,20). The minimum Gasteiger partial charge on any atom is -0.481 e. The molecule has 20 heavy (non-hydrogen) atoms. The molecule has 8 heteroatoms. The number of carbonyl (C=O) groups is 2. The van der Waals surface area contributed by atoms with Gasteiger partial charge in [-0.3, -0.25) is 9.59 Å². The SMILES string of the molecule is O=C(O)C1CC(=O)N(c2ccc(Cl)c(C(F)(F)F)c2)C1. The van der Waals surface area contributed by atoms with Gasteiger partial charge >= 0.3 is 12.1 Å². The molecule has 0 bridgehead atoms. The van der Waals surface area contributed by atoms with Crippen molar-refractivity contribution in [3.05, 3.63) is 28.8 Å². The number of alkyl halides is 3. The lowest BCUT2D eigenvalue weighted by atomic mass is 10.1. The number of benzene rings is 1. The third-order valence-corrected chi connectivity index (χ3v) is 3.37. The Labute approximate surface area is 116 Å². The Balaban J connectivity index is 2.35. The molecule has 1 aliphatic heterocycles. The summed E-state index contributed by atoms with van der Waals surface area (Å²) in [5, 5.41) is 8.37. The molecule has 0 saturated carbocycles. The second-order valence-corrected chi connectivity index (χ2v) is 4.81. The van der Waals surface area contributed by atoms with Gasteiger partial charge in [0.2, 0.25) is 5.91 Å². The lowest BCUT2D eigenvalue weighted by Gasteiger charge is -2.18. The molecule has 1 aromatic carbocycles. The van der Waals surface area contributed by atoms with Crippen LogP contribution in [0.3, 0.4) is 0 Å². The minimum atomic E-state index is -4.64. The van der Waals surface area contributed by atoms with Crippen molar-refractivity contribution in [2.24, 2.45) is 5.92 Å². The summed E-state index contributed by atoms with van der Waals surface area (Å²) in [6.45, 7) is -0.146. The van der Waals surface area contributed by atoms with Crippen molar-refractivity contribution < 1.29 is 27.9 Å². The highest BCUT2D eigenvalue weighted by molar-refractivity contribution is 6.31. The first-order valence-electron chi connectivity index (χ1n) is 5.60. The van der Waals surface area contributed by atoms with E-state index in [0.717, 1.165) is 17.0 Å². The van der Waals surface area contributed by atoms with E-state index in [1.54, 1.807) is 0 Å². The van der Waals surface area contributed by atoms with Crippen LogP contribution in [0, 0.1) is 5.92 Å². The molecule has 1 unspecified atom stereocenters. The van der Waals surface area contributed by atoms with Gasteiger partial charge in [-0.1, -0.05) is 11.6 Å². The van der Waals surface area contributed by atoms with Crippen LogP contribution in [0.4, 0.5) is 18.9 Å². The maximum absolute atomic E-state index is 12.7. The predicted octanol–water partition coefficient (Wildman–Crippen LogP) is 2.80. The summed E-state index contributed by atoms with van der Waals surface area (Å²) in [5.74, 6) is -2.58. The van der Waals surface area contributed by atoms with Gasteiger partial charge in [0.05, 0.1) is 16.5 Å². The lowest BCUT2D eigenvalue weighted by molar-refractivity contribution is -0.141. The van der Waals surface area contributed by atoms with E-state index < -0.39 is 34.6 Å². The van der Waals surface area contributed by atoms with Crippen molar-refractivity contribution in [2.45, 2.75) is 12.6 Å². The van der Waals surface area contributed by atoms with Gasteiger partial charge in [-0.15, -0.1) is 0 Å². The van der Waals surface area contributed by atoms with Gasteiger partial charge in [0.25, 0.3) is 0 Å². The first-order chi connectivity index (χ1) is 9.20. The summed E-state index contributed by atoms with van der Waals surface area (Å²) in [7, 11) is 0. The van der Waals surface area contributed by atoms with E-state index in [0.29, 0.717) is 0 Å². The van der Waals surface area contributed by atoms with Crippen molar-refractivity contribution in [2.75, 3.05) is 11.4 Å². The Morgan fingerprint density at radius 2 is 2.05 bits per heavy atom. The van der Waals surface area contributed by atoms with Crippen LogP contribution in [0.1, 0.15) is 12.0 Å². The molecule has 0 aromatic heterocycles. The zero-order valence-corrected chi connectivity index (χ0v) is 10.7. The highest BCUT2D eigenvalue weighted by Gasteiger charge is 2.37. The molecule has 1 atom stereocenters. The first kappa shape index (κ1) is 14.6. The van der Waals surface area contributed by atoms with E-state index in [-0.39, 0.29) is 18.7 Å². The second-order valence-electron chi connectivity index (χ2n) is 4.41. The van der Waals surface area contributed by atoms with Crippen LogP contribution in [0.25, 0.3) is 0 Å². The molecule has 1 amide bonds. The summed E-state index contributed by atoms with van der Waals surface area (Å²) >= 11 is 5.49. The number of anilines is 1. The van der Waals surface area contributed by atoms with E-state index in [9.17, 15) is 22.8 Å². The number of aliphatic carboxylic acids is 1. The van der Waals surface area contributed by atoms with Crippen LogP contribution in [-0.4, -0.2) is 23.5 Å². The molecular formula is C12H9ClF3NO3. The number of halogens is 4. The van der Waals surface area contributed by atoms with Gasteiger partial charge in [-0.05, 0) is 18.2 Å². The average Bonchev–Trinajstić information content (AvgIpc) is 2.71. The second kappa shape index (κ2) is 4.97. The fourth-order valence-corrected chi connectivity index (χ4v) is 2.25. The molecule has 4 nitrogen and oxygen atoms in total. The number of carboxylic acids is 1. The maximum Gasteiger partial charge on any atom is 0.417 e.